The number of carbonyl (C=O) groups excluding carboxylic acids is 2. The summed E-state index contributed by atoms with van der Waals surface area (Å²) in [6.07, 6.45) is 0. The van der Waals surface area contributed by atoms with Gasteiger partial charge in [0.2, 0.25) is 0 Å². The Hall–Kier alpha value is -3.86. The van der Waals surface area contributed by atoms with Gasteiger partial charge in [0.15, 0.2) is 0 Å². The van der Waals surface area contributed by atoms with Gasteiger partial charge in [-0.15, -0.1) is 0 Å². The Balaban J connectivity index is 2.04. The van der Waals surface area contributed by atoms with E-state index in [9.17, 15) is 14.7 Å². The lowest BCUT2D eigenvalue weighted by atomic mass is 9.92. The average molecular weight is 442 g/mol. The van der Waals surface area contributed by atoms with Crippen molar-refractivity contribution < 1.29 is 19.4 Å². The van der Waals surface area contributed by atoms with Crippen molar-refractivity contribution in [2.45, 2.75) is 33.7 Å². The van der Waals surface area contributed by atoms with E-state index in [1.807, 2.05) is 82.3 Å². The molecule has 1 N–H and O–H groups in total. The van der Waals surface area contributed by atoms with Crippen molar-refractivity contribution in [3.63, 3.8) is 0 Å². The quantitative estimate of drug-likeness (QED) is 0.327. The first-order valence-corrected chi connectivity index (χ1v) is 10.8. The minimum absolute atomic E-state index is 0.0539. The summed E-state index contributed by atoms with van der Waals surface area (Å²) in [7, 11) is 1.55. The van der Waals surface area contributed by atoms with Crippen LogP contribution in [0, 0.1) is 27.7 Å². The molecule has 1 atom stereocenters. The first kappa shape index (κ1) is 22.3. The number of aryl methyl sites for hydroxylation is 4. The lowest BCUT2D eigenvalue weighted by Crippen LogP contribution is -2.30. The Morgan fingerprint density at radius 1 is 0.879 bits per heavy atom. The molecule has 4 rings (SSSR count). The predicted octanol–water partition coefficient (Wildman–Crippen LogP) is 5.56. The molecule has 5 nitrogen and oxygen atoms in total. The molecule has 1 saturated heterocycles. The third-order valence-electron chi connectivity index (χ3n) is 6.14. The highest BCUT2D eigenvalue weighted by Crippen LogP contribution is 2.45. The number of methoxy groups -OCH3 is 1. The van der Waals surface area contributed by atoms with Gasteiger partial charge in [0.25, 0.3) is 11.7 Å². The normalized spacial score (nSPS) is 17.5. The van der Waals surface area contributed by atoms with Crippen molar-refractivity contribution in [1.82, 2.24) is 0 Å². The number of nitrogens with zero attached hydrogens (tertiary/aromatic N) is 1. The molecule has 0 bridgehead atoms. The largest absolute Gasteiger partial charge is 0.507 e. The molecule has 33 heavy (non-hydrogen) atoms. The SMILES string of the molecule is COc1ccccc1C1/C(=C(\O)c2cc(C)ccc2C)C(=O)C(=O)N1c1ccc(C)cc1C. The Bertz CT molecular complexity index is 1300. The molecule has 1 amide bonds. The van der Waals surface area contributed by atoms with Crippen LogP contribution in [0.15, 0.2) is 66.2 Å². The second kappa shape index (κ2) is 8.58. The van der Waals surface area contributed by atoms with E-state index in [1.165, 1.54) is 4.90 Å². The zero-order valence-electron chi connectivity index (χ0n) is 19.5. The van der Waals surface area contributed by atoms with Gasteiger partial charge in [-0.05, 0) is 57.0 Å². The van der Waals surface area contributed by atoms with Gasteiger partial charge in [-0.25, -0.2) is 0 Å². The molecular weight excluding hydrogens is 414 g/mol. The van der Waals surface area contributed by atoms with E-state index in [0.717, 1.165) is 22.3 Å². The van der Waals surface area contributed by atoms with Crippen LogP contribution in [-0.4, -0.2) is 23.9 Å². The Kier molecular flexibility index (Phi) is 5.81. The fourth-order valence-electron chi connectivity index (χ4n) is 4.48. The lowest BCUT2D eigenvalue weighted by Gasteiger charge is -2.28. The smallest absolute Gasteiger partial charge is 0.300 e. The van der Waals surface area contributed by atoms with Gasteiger partial charge in [-0.1, -0.05) is 53.6 Å². The predicted molar refractivity (Wildman–Crippen MR) is 130 cm³/mol. The second-order valence-electron chi connectivity index (χ2n) is 8.52. The summed E-state index contributed by atoms with van der Waals surface area (Å²) in [6, 6.07) is 17.8. The first-order valence-electron chi connectivity index (χ1n) is 10.8. The molecule has 3 aromatic rings. The maximum absolute atomic E-state index is 13.4. The van der Waals surface area contributed by atoms with E-state index < -0.39 is 17.7 Å². The first-order chi connectivity index (χ1) is 15.7. The number of ketones is 1. The number of anilines is 1. The monoisotopic (exact) mass is 441 g/mol. The number of para-hydroxylation sites is 1. The summed E-state index contributed by atoms with van der Waals surface area (Å²) in [5.74, 6) is -1.04. The number of hydrogen-bond donors (Lipinski definition) is 1. The topological polar surface area (TPSA) is 66.8 Å². The fourth-order valence-corrected chi connectivity index (χ4v) is 4.48. The third kappa shape index (κ3) is 3.80. The summed E-state index contributed by atoms with van der Waals surface area (Å²) in [6.45, 7) is 7.67. The number of carbonyl (C=O) groups is 2. The summed E-state index contributed by atoms with van der Waals surface area (Å²) >= 11 is 0. The van der Waals surface area contributed by atoms with Crippen molar-refractivity contribution in [3.05, 3.63) is 99.6 Å². The number of benzene rings is 3. The van der Waals surface area contributed by atoms with E-state index in [4.69, 9.17) is 4.74 Å². The maximum Gasteiger partial charge on any atom is 0.300 e. The van der Waals surface area contributed by atoms with Gasteiger partial charge in [0.05, 0.1) is 18.7 Å². The molecule has 0 radical (unpaired) electrons. The van der Waals surface area contributed by atoms with E-state index in [2.05, 4.69) is 0 Å². The summed E-state index contributed by atoms with van der Waals surface area (Å²) in [5, 5.41) is 11.4. The van der Waals surface area contributed by atoms with E-state index in [0.29, 0.717) is 22.6 Å². The second-order valence-corrected chi connectivity index (χ2v) is 8.52. The van der Waals surface area contributed by atoms with Crippen LogP contribution in [-0.2, 0) is 9.59 Å². The highest BCUT2D eigenvalue weighted by atomic mass is 16.5. The van der Waals surface area contributed by atoms with Gasteiger partial charge in [0.1, 0.15) is 11.5 Å². The van der Waals surface area contributed by atoms with Crippen LogP contribution >= 0.6 is 0 Å². The van der Waals surface area contributed by atoms with Crippen LogP contribution in [0.1, 0.15) is 39.4 Å². The number of ether oxygens (including phenoxy) is 1. The molecule has 0 aliphatic carbocycles. The van der Waals surface area contributed by atoms with E-state index >= 15 is 0 Å². The fraction of sp³-hybridized carbons (Fsp3) is 0.214. The van der Waals surface area contributed by atoms with Crippen LogP contribution in [0.3, 0.4) is 0 Å². The van der Waals surface area contributed by atoms with Crippen molar-refractivity contribution in [2.24, 2.45) is 0 Å². The standard InChI is InChI=1S/C28H27NO4/c1-16-11-13-22(19(4)14-16)29-25(20-8-6-7-9-23(20)33-5)24(27(31)28(29)32)26(30)21-15-17(2)10-12-18(21)3/h6-15,25,30H,1-5H3/b26-24+. The molecule has 1 unspecified atom stereocenters. The van der Waals surface area contributed by atoms with Gasteiger partial charge in [-0.3, -0.25) is 14.5 Å². The zero-order valence-corrected chi connectivity index (χ0v) is 19.5. The summed E-state index contributed by atoms with van der Waals surface area (Å²) < 4.78 is 5.58. The molecule has 5 heteroatoms. The number of aliphatic hydroxyl groups is 1. The Morgan fingerprint density at radius 2 is 1.55 bits per heavy atom. The molecule has 0 saturated carbocycles. The molecule has 1 aliphatic heterocycles. The molecular formula is C28H27NO4. The van der Waals surface area contributed by atoms with Crippen molar-refractivity contribution >= 4 is 23.1 Å². The third-order valence-corrected chi connectivity index (χ3v) is 6.14. The number of rotatable bonds is 4. The highest BCUT2D eigenvalue weighted by molar-refractivity contribution is 6.51. The maximum atomic E-state index is 13.4. The van der Waals surface area contributed by atoms with Gasteiger partial charge < -0.3 is 9.84 Å². The average Bonchev–Trinajstić information content (AvgIpc) is 3.05. The molecule has 0 aromatic heterocycles. The Morgan fingerprint density at radius 3 is 2.24 bits per heavy atom. The lowest BCUT2D eigenvalue weighted by molar-refractivity contribution is -0.132. The molecule has 1 fully saturated rings. The van der Waals surface area contributed by atoms with E-state index in [-0.39, 0.29) is 11.3 Å². The molecule has 1 aliphatic rings. The Labute approximate surface area is 193 Å². The molecule has 0 spiro atoms. The minimum atomic E-state index is -0.831. The van der Waals surface area contributed by atoms with Gasteiger partial charge in [-0.2, -0.15) is 0 Å². The number of amides is 1. The van der Waals surface area contributed by atoms with Crippen molar-refractivity contribution in [3.8, 4) is 5.75 Å². The van der Waals surface area contributed by atoms with Crippen LogP contribution in [0.2, 0.25) is 0 Å². The zero-order chi connectivity index (χ0) is 23.9. The summed E-state index contributed by atoms with van der Waals surface area (Å²) in [5.41, 5.74) is 5.52. The van der Waals surface area contributed by atoms with Crippen LogP contribution < -0.4 is 9.64 Å². The number of Topliss-reactive ketones (excluding diaryl/α,β-unsaturated/α-hetero) is 1. The van der Waals surface area contributed by atoms with Gasteiger partial charge >= 0.3 is 0 Å². The number of hydrogen-bond acceptors (Lipinski definition) is 4. The van der Waals surface area contributed by atoms with E-state index in [1.54, 1.807) is 13.2 Å². The minimum Gasteiger partial charge on any atom is -0.507 e. The van der Waals surface area contributed by atoms with Crippen LogP contribution in [0.5, 0.6) is 5.75 Å². The van der Waals surface area contributed by atoms with Gasteiger partial charge in [0, 0.05) is 16.8 Å². The number of aliphatic hydroxyl groups excluding tert-OH is 1. The molecule has 168 valence electrons. The van der Waals surface area contributed by atoms with Crippen LogP contribution in [0.4, 0.5) is 5.69 Å². The summed E-state index contributed by atoms with van der Waals surface area (Å²) in [4.78, 5) is 28.3. The van der Waals surface area contributed by atoms with Crippen molar-refractivity contribution in [1.29, 1.82) is 0 Å². The van der Waals surface area contributed by atoms with Crippen molar-refractivity contribution in [2.75, 3.05) is 12.0 Å². The molecule has 3 aromatic carbocycles. The highest BCUT2D eigenvalue weighted by Gasteiger charge is 2.48. The molecule has 1 heterocycles. The van der Waals surface area contributed by atoms with Crippen LogP contribution in [0.25, 0.3) is 5.76 Å².